The van der Waals surface area contributed by atoms with Gasteiger partial charge < -0.3 is 0 Å². The number of aromatic nitrogens is 3. The molecule has 0 atom stereocenters. The highest BCUT2D eigenvalue weighted by Crippen LogP contribution is 2.22. The molecule has 2 amide bonds. The van der Waals surface area contributed by atoms with Crippen LogP contribution in [-0.2, 0) is 6.54 Å². The average Bonchev–Trinajstić information content (AvgIpc) is 3.05. The predicted molar refractivity (Wildman–Crippen MR) is 85.9 cm³/mol. The number of pyridine rings is 1. The lowest BCUT2D eigenvalue weighted by molar-refractivity contribution is 0.0650. The van der Waals surface area contributed by atoms with Crippen LogP contribution in [0.15, 0.2) is 53.5 Å². The number of benzene rings is 1. The van der Waals surface area contributed by atoms with Crippen molar-refractivity contribution in [3.05, 3.63) is 70.3 Å². The van der Waals surface area contributed by atoms with Gasteiger partial charge in [0.15, 0.2) is 5.65 Å². The summed E-state index contributed by atoms with van der Waals surface area (Å²) < 4.78 is 2.81. The van der Waals surface area contributed by atoms with E-state index in [0.29, 0.717) is 29.7 Å². The van der Waals surface area contributed by atoms with E-state index in [1.165, 1.54) is 14.0 Å². The average molecular weight is 322 g/mol. The molecule has 0 bridgehead atoms. The van der Waals surface area contributed by atoms with E-state index < -0.39 is 0 Å². The second kappa shape index (κ2) is 5.45. The maximum absolute atomic E-state index is 12.3. The highest BCUT2D eigenvalue weighted by molar-refractivity contribution is 6.21. The number of rotatable bonds is 4. The third-order valence-electron chi connectivity index (χ3n) is 4.12. The number of carbonyl (C=O) groups excluding carboxylic acids is 2. The Morgan fingerprint density at radius 1 is 0.833 bits per heavy atom. The molecule has 3 heterocycles. The summed E-state index contributed by atoms with van der Waals surface area (Å²) in [5.74, 6) is -0.559. The van der Waals surface area contributed by atoms with Crippen molar-refractivity contribution in [3.8, 4) is 0 Å². The zero-order valence-corrected chi connectivity index (χ0v) is 12.8. The highest BCUT2D eigenvalue weighted by atomic mass is 16.2. The lowest BCUT2D eigenvalue weighted by atomic mass is 10.1. The molecule has 0 N–H and O–H groups in total. The van der Waals surface area contributed by atoms with Crippen molar-refractivity contribution in [2.75, 3.05) is 6.54 Å². The van der Waals surface area contributed by atoms with E-state index in [1.54, 1.807) is 42.6 Å². The third-order valence-corrected chi connectivity index (χ3v) is 4.12. The largest absolute Gasteiger partial charge is 0.350 e. The molecule has 3 aromatic rings. The van der Waals surface area contributed by atoms with Gasteiger partial charge in [-0.25, -0.2) is 9.48 Å². The summed E-state index contributed by atoms with van der Waals surface area (Å²) in [6.07, 6.45) is 2.13. The molecule has 0 saturated carbocycles. The molecule has 4 rings (SSSR count). The quantitative estimate of drug-likeness (QED) is 0.676. The molecule has 120 valence electrons. The summed E-state index contributed by atoms with van der Waals surface area (Å²) in [4.78, 5) is 38.0. The van der Waals surface area contributed by atoms with Gasteiger partial charge in [-0.15, -0.1) is 5.10 Å². The minimum Gasteiger partial charge on any atom is -0.274 e. The highest BCUT2D eigenvalue weighted by Gasteiger charge is 2.34. The number of imide groups is 1. The molecule has 1 aliphatic rings. The fraction of sp³-hybridized carbons (Fsp3) is 0.176. The summed E-state index contributed by atoms with van der Waals surface area (Å²) in [6.45, 7) is 0.598. The minimum absolute atomic E-state index is 0.229. The fourth-order valence-electron chi connectivity index (χ4n) is 2.93. The number of amides is 2. The van der Waals surface area contributed by atoms with Crippen molar-refractivity contribution in [3.63, 3.8) is 0 Å². The molecule has 24 heavy (non-hydrogen) atoms. The number of hydrogen-bond acceptors (Lipinski definition) is 4. The van der Waals surface area contributed by atoms with Gasteiger partial charge in [0, 0.05) is 19.3 Å². The second-order valence-electron chi connectivity index (χ2n) is 5.60. The Hall–Kier alpha value is -3.22. The Labute approximate surface area is 136 Å². The summed E-state index contributed by atoms with van der Waals surface area (Å²) in [5, 5.41) is 4.23. The Kier molecular flexibility index (Phi) is 3.26. The van der Waals surface area contributed by atoms with Crippen molar-refractivity contribution in [1.82, 2.24) is 19.1 Å². The first kappa shape index (κ1) is 14.4. The molecule has 0 saturated heterocycles. The molecule has 7 nitrogen and oxygen atoms in total. The molecule has 0 unspecified atom stereocenters. The maximum atomic E-state index is 12.3. The molecular weight excluding hydrogens is 308 g/mol. The van der Waals surface area contributed by atoms with Crippen molar-refractivity contribution in [2.45, 2.75) is 13.0 Å². The molecule has 1 aromatic carbocycles. The first-order valence-corrected chi connectivity index (χ1v) is 7.66. The second-order valence-corrected chi connectivity index (χ2v) is 5.60. The normalized spacial score (nSPS) is 13.8. The van der Waals surface area contributed by atoms with E-state index in [1.807, 2.05) is 6.07 Å². The van der Waals surface area contributed by atoms with Crippen LogP contribution in [0.1, 0.15) is 27.1 Å². The van der Waals surface area contributed by atoms with Crippen LogP contribution in [-0.4, -0.2) is 37.4 Å². The Bertz CT molecular complexity index is 983. The molecule has 1 aliphatic heterocycles. The van der Waals surface area contributed by atoms with Gasteiger partial charge in [0.25, 0.3) is 11.8 Å². The van der Waals surface area contributed by atoms with Gasteiger partial charge in [0.2, 0.25) is 0 Å². The summed E-state index contributed by atoms with van der Waals surface area (Å²) >= 11 is 0. The Morgan fingerprint density at radius 3 is 2.17 bits per heavy atom. The van der Waals surface area contributed by atoms with Gasteiger partial charge >= 0.3 is 5.69 Å². The lowest BCUT2D eigenvalue weighted by Crippen LogP contribution is -2.32. The first-order valence-electron chi connectivity index (χ1n) is 7.66. The van der Waals surface area contributed by atoms with Crippen LogP contribution in [0.25, 0.3) is 5.65 Å². The van der Waals surface area contributed by atoms with Crippen LogP contribution < -0.4 is 5.69 Å². The first-order chi connectivity index (χ1) is 11.7. The van der Waals surface area contributed by atoms with Crippen molar-refractivity contribution in [1.29, 1.82) is 0 Å². The Morgan fingerprint density at radius 2 is 1.50 bits per heavy atom. The van der Waals surface area contributed by atoms with E-state index in [4.69, 9.17) is 0 Å². The number of hydrogen-bond donors (Lipinski definition) is 0. The van der Waals surface area contributed by atoms with Gasteiger partial charge in [-0.3, -0.25) is 18.9 Å². The molecule has 2 aromatic heterocycles. The van der Waals surface area contributed by atoms with Crippen LogP contribution in [0.2, 0.25) is 0 Å². The number of carbonyl (C=O) groups is 2. The standard InChI is InChI=1S/C17H14N4O3/c22-15-12-6-1-2-7-13(12)16(23)20(15)10-5-11-21-17(24)19-9-4-3-8-14(19)18-21/h1-4,6-9H,5,10-11H2. The molecule has 7 heteroatoms. The van der Waals surface area contributed by atoms with Gasteiger partial charge in [-0.1, -0.05) is 18.2 Å². The number of fused-ring (bicyclic) bond motifs is 2. The molecule has 0 fully saturated rings. The molecule has 0 radical (unpaired) electrons. The number of nitrogens with zero attached hydrogens (tertiary/aromatic N) is 4. The summed E-state index contributed by atoms with van der Waals surface area (Å²) in [7, 11) is 0. The molecule has 0 spiro atoms. The molecule has 0 aliphatic carbocycles. The smallest absolute Gasteiger partial charge is 0.274 e. The van der Waals surface area contributed by atoms with Gasteiger partial charge in [-0.2, -0.15) is 0 Å². The summed E-state index contributed by atoms with van der Waals surface area (Å²) in [6, 6.07) is 12.1. The summed E-state index contributed by atoms with van der Waals surface area (Å²) in [5.41, 5.74) is 1.22. The Balaban J connectivity index is 1.48. The monoisotopic (exact) mass is 322 g/mol. The zero-order valence-electron chi connectivity index (χ0n) is 12.8. The fourth-order valence-corrected chi connectivity index (χ4v) is 2.93. The van der Waals surface area contributed by atoms with E-state index in [2.05, 4.69) is 5.10 Å². The van der Waals surface area contributed by atoms with Crippen molar-refractivity contribution in [2.24, 2.45) is 0 Å². The van der Waals surface area contributed by atoms with Gasteiger partial charge in [-0.05, 0) is 30.7 Å². The van der Waals surface area contributed by atoms with Crippen LogP contribution >= 0.6 is 0 Å². The van der Waals surface area contributed by atoms with E-state index in [0.717, 1.165) is 0 Å². The van der Waals surface area contributed by atoms with Crippen molar-refractivity contribution < 1.29 is 9.59 Å². The molecular formula is C17H14N4O3. The van der Waals surface area contributed by atoms with E-state index in [-0.39, 0.29) is 24.0 Å². The van der Waals surface area contributed by atoms with E-state index in [9.17, 15) is 14.4 Å². The SMILES string of the molecule is O=C1c2ccccc2C(=O)N1CCCn1nc2ccccn2c1=O. The predicted octanol–water partition coefficient (Wildman–Crippen LogP) is 1.18. The van der Waals surface area contributed by atoms with E-state index >= 15 is 0 Å². The number of aryl methyl sites for hydroxylation is 1. The minimum atomic E-state index is -0.280. The lowest BCUT2D eigenvalue weighted by Gasteiger charge is -2.13. The van der Waals surface area contributed by atoms with Crippen LogP contribution in [0.3, 0.4) is 0 Å². The van der Waals surface area contributed by atoms with Crippen LogP contribution in [0, 0.1) is 0 Å². The third kappa shape index (κ3) is 2.13. The maximum Gasteiger partial charge on any atom is 0.350 e. The van der Waals surface area contributed by atoms with Crippen LogP contribution in [0.5, 0.6) is 0 Å². The zero-order chi connectivity index (χ0) is 16.7. The van der Waals surface area contributed by atoms with Crippen LogP contribution in [0.4, 0.5) is 0 Å². The van der Waals surface area contributed by atoms with Gasteiger partial charge in [0.05, 0.1) is 11.1 Å². The topological polar surface area (TPSA) is 76.7 Å². The van der Waals surface area contributed by atoms with Gasteiger partial charge in [0.1, 0.15) is 0 Å². The van der Waals surface area contributed by atoms with Crippen molar-refractivity contribution >= 4 is 17.5 Å².